The van der Waals surface area contributed by atoms with Crippen LogP contribution in [0.25, 0.3) is 0 Å². The van der Waals surface area contributed by atoms with E-state index in [2.05, 4.69) is 35.1 Å². The molecule has 1 rings (SSSR count). The molecule has 1 aromatic rings. The second-order valence-corrected chi connectivity index (χ2v) is 5.45. The van der Waals surface area contributed by atoms with Gasteiger partial charge in [0.2, 0.25) is 0 Å². The summed E-state index contributed by atoms with van der Waals surface area (Å²) >= 11 is 3.29. The summed E-state index contributed by atoms with van der Waals surface area (Å²) in [6.07, 6.45) is 1.64. The fraction of sp³-hybridized carbons (Fsp3) is 0.429. The molecule has 0 spiro atoms. The van der Waals surface area contributed by atoms with Gasteiger partial charge in [-0.3, -0.25) is 9.59 Å². The van der Waals surface area contributed by atoms with Gasteiger partial charge < -0.3 is 10.1 Å². The van der Waals surface area contributed by atoms with Gasteiger partial charge in [-0.05, 0) is 40.4 Å². The minimum Gasteiger partial charge on any atom is -0.482 e. The maximum Gasteiger partial charge on any atom is 0.257 e. The molecule has 0 aromatic heterocycles. The van der Waals surface area contributed by atoms with Crippen LogP contribution in [0.2, 0.25) is 0 Å². The zero-order valence-electron chi connectivity index (χ0n) is 11.1. The third-order valence-corrected chi connectivity index (χ3v) is 3.14. The maximum absolute atomic E-state index is 11.6. The number of nitrogens with one attached hydrogen (secondary N) is 1. The van der Waals surface area contributed by atoms with Gasteiger partial charge in [-0.15, -0.1) is 0 Å². The Morgan fingerprint density at radius 3 is 2.84 bits per heavy atom. The first kappa shape index (κ1) is 15.7. The van der Waals surface area contributed by atoms with E-state index in [1.807, 2.05) is 0 Å². The Bertz CT molecular complexity index is 446. The van der Waals surface area contributed by atoms with Crippen molar-refractivity contribution in [1.82, 2.24) is 5.32 Å². The Hall–Kier alpha value is -1.36. The lowest BCUT2D eigenvalue weighted by atomic mass is 10.1. The molecule has 19 heavy (non-hydrogen) atoms. The maximum atomic E-state index is 11.6. The molecule has 0 aliphatic carbocycles. The lowest BCUT2D eigenvalue weighted by Crippen LogP contribution is -2.30. The largest absolute Gasteiger partial charge is 0.482 e. The van der Waals surface area contributed by atoms with Gasteiger partial charge in [-0.25, -0.2) is 0 Å². The van der Waals surface area contributed by atoms with Gasteiger partial charge in [0.15, 0.2) is 12.9 Å². The van der Waals surface area contributed by atoms with Crippen LogP contribution >= 0.6 is 15.9 Å². The Balaban J connectivity index is 2.48. The standard InChI is InChI=1S/C14H18BrNO3/c1-10(2)6-7-16-13(18)9-19-14-11(8-17)4-3-5-12(14)15/h3-5,8,10H,6-7,9H2,1-2H3,(H,16,18). The minimum atomic E-state index is -0.187. The molecule has 0 unspecified atom stereocenters. The molecule has 1 N–H and O–H groups in total. The number of carbonyl (C=O) groups is 2. The van der Waals surface area contributed by atoms with E-state index in [0.29, 0.717) is 34.5 Å². The van der Waals surface area contributed by atoms with E-state index in [4.69, 9.17) is 4.74 Å². The number of halogens is 1. The zero-order valence-corrected chi connectivity index (χ0v) is 12.7. The molecule has 1 aromatic carbocycles. The van der Waals surface area contributed by atoms with E-state index < -0.39 is 0 Å². The van der Waals surface area contributed by atoms with Crippen LogP contribution in [0, 0.1) is 5.92 Å². The molecule has 0 fully saturated rings. The van der Waals surface area contributed by atoms with Crippen molar-refractivity contribution >= 4 is 28.1 Å². The average molecular weight is 328 g/mol. The number of hydrogen-bond acceptors (Lipinski definition) is 3. The second kappa shape index (κ2) is 7.94. The number of ether oxygens (including phenoxy) is 1. The van der Waals surface area contributed by atoms with Crippen LogP contribution < -0.4 is 10.1 Å². The van der Waals surface area contributed by atoms with Gasteiger partial charge in [0, 0.05) is 6.54 Å². The molecule has 4 nitrogen and oxygen atoms in total. The highest BCUT2D eigenvalue weighted by Crippen LogP contribution is 2.27. The van der Waals surface area contributed by atoms with Gasteiger partial charge in [0.25, 0.3) is 5.91 Å². The third-order valence-electron chi connectivity index (χ3n) is 2.52. The lowest BCUT2D eigenvalue weighted by Gasteiger charge is -2.11. The van der Waals surface area contributed by atoms with Gasteiger partial charge in [0.1, 0.15) is 5.75 Å². The summed E-state index contributed by atoms with van der Waals surface area (Å²) in [5.74, 6) is 0.760. The van der Waals surface area contributed by atoms with Crippen LogP contribution in [-0.2, 0) is 4.79 Å². The van der Waals surface area contributed by atoms with Crippen molar-refractivity contribution in [3.8, 4) is 5.75 Å². The van der Waals surface area contributed by atoms with E-state index in [1.165, 1.54) is 0 Å². The Kier molecular flexibility index (Phi) is 6.56. The Morgan fingerprint density at radius 2 is 2.21 bits per heavy atom. The molecule has 0 radical (unpaired) electrons. The predicted octanol–water partition coefficient (Wildman–Crippen LogP) is 2.80. The summed E-state index contributed by atoms with van der Waals surface area (Å²) < 4.78 is 6.05. The number of benzene rings is 1. The SMILES string of the molecule is CC(C)CCNC(=O)COc1c(Br)cccc1C=O. The Morgan fingerprint density at radius 1 is 1.47 bits per heavy atom. The van der Waals surface area contributed by atoms with E-state index in [-0.39, 0.29) is 12.5 Å². The molecule has 104 valence electrons. The highest BCUT2D eigenvalue weighted by molar-refractivity contribution is 9.10. The fourth-order valence-electron chi connectivity index (χ4n) is 1.46. The average Bonchev–Trinajstić information content (AvgIpc) is 2.36. The van der Waals surface area contributed by atoms with Crippen molar-refractivity contribution in [1.29, 1.82) is 0 Å². The first-order valence-electron chi connectivity index (χ1n) is 6.17. The number of carbonyl (C=O) groups excluding carboxylic acids is 2. The number of para-hydroxylation sites is 1. The summed E-state index contributed by atoms with van der Waals surface area (Å²) in [4.78, 5) is 22.4. The monoisotopic (exact) mass is 327 g/mol. The molecule has 0 saturated carbocycles. The van der Waals surface area contributed by atoms with E-state index in [0.717, 1.165) is 6.42 Å². The van der Waals surface area contributed by atoms with Crippen LogP contribution in [0.1, 0.15) is 30.6 Å². The number of hydrogen-bond donors (Lipinski definition) is 1. The van der Waals surface area contributed by atoms with Crippen LogP contribution in [0.3, 0.4) is 0 Å². The number of amides is 1. The second-order valence-electron chi connectivity index (χ2n) is 4.60. The third kappa shape index (κ3) is 5.42. The van der Waals surface area contributed by atoms with Gasteiger partial charge in [0.05, 0.1) is 10.0 Å². The van der Waals surface area contributed by atoms with Crippen molar-refractivity contribution in [2.45, 2.75) is 20.3 Å². The Labute approximate surface area is 121 Å². The summed E-state index contributed by atoms with van der Waals surface area (Å²) in [7, 11) is 0. The van der Waals surface area contributed by atoms with Crippen LogP contribution in [-0.4, -0.2) is 25.3 Å². The van der Waals surface area contributed by atoms with Crippen molar-refractivity contribution in [2.24, 2.45) is 5.92 Å². The molecular formula is C14H18BrNO3. The van der Waals surface area contributed by atoms with Crippen molar-refractivity contribution in [2.75, 3.05) is 13.2 Å². The van der Waals surface area contributed by atoms with Crippen molar-refractivity contribution in [3.63, 3.8) is 0 Å². The highest BCUT2D eigenvalue weighted by Gasteiger charge is 2.09. The molecule has 0 aliphatic heterocycles. The van der Waals surface area contributed by atoms with E-state index in [1.54, 1.807) is 18.2 Å². The molecule has 0 bridgehead atoms. The summed E-state index contributed by atoms with van der Waals surface area (Å²) in [6.45, 7) is 4.73. The molecular weight excluding hydrogens is 310 g/mol. The number of aldehydes is 1. The van der Waals surface area contributed by atoms with Crippen LogP contribution in [0.4, 0.5) is 0 Å². The normalized spacial score (nSPS) is 10.3. The number of rotatable bonds is 7. The lowest BCUT2D eigenvalue weighted by molar-refractivity contribution is -0.123. The van der Waals surface area contributed by atoms with Crippen LogP contribution in [0.5, 0.6) is 5.75 Å². The topological polar surface area (TPSA) is 55.4 Å². The van der Waals surface area contributed by atoms with E-state index in [9.17, 15) is 9.59 Å². The quantitative estimate of drug-likeness (QED) is 0.783. The first-order chi connectivity index (χ1) is 9.04. The summed E-state index contributed by atoms with van der Waals surface area (Å²) in [5, 5.41) is 2.77. The minimum absolute atomic E-state index is 0.0957. The van der Waals surface area contributed by atoms with Gasteiger partial charge >= 0.3 is 0 Å². The molecule has 1 amide bonds. The van der Waals surface area contributed by atoms with Gasteiger partial charge in [-0.1, -0.05) is 19.9 Å². The van der Waals surface area contributed by atoms with Crippen LogP contribution in [0.15, 0.2) is 22.7 Å². The van der Waals surface area contributed by atoms with Gasteiger partial charge in [-0.2, -0.15) is 0 Å². The van der Waals surface area contributed by atoms with E-state index >= 15 is 0 Å². The molecule has 5 heteroatoms. The molecule has 0 heterocycles. The van der Waals surface area contributed by atoms with Crippen molar-refractivity contribution < 1.29 is 14.3 Å². The highest BCUT2D eigenvalue weighted by atomic mass is 79.9. The molecule has 0 saturated heterocycles. The predicted molar refractivity (Wildman–Crippen MR) is 77.5 cm³/mol. The smallest absolute Gasteiger partial charge is 0.257 e. The van der Waals surface area contributed by atoms with Crippen molar-refractivity contribution in [3.05, 3.63) is 28.2 Å². The molecule has 0 atom stereocenters. The fourth-order valence-corrected chi connectivity index (χ4v) is 1.96. The molecule has 0 aliphatic rings. The zero-order chi connectivity index (χ0) is 14.3. The summed E-state index contributed by atoms with van der Waals surface area (Å²) in [6, 6.07) is 5.14. The summed E-state index contributed by atoms with van der Waals surface area (Å²) in [5.41, 5.74) is 0.421. The first-order valence-corrected chi connectivity index (χ1v) is 6.97.